The number of halogens is 4. The van der Waals surface area contributed by atoms with Crippen molar-refractivity contribution in [1.82, 2.24) is 4.98 Å². The summed E-state index contributed by atoms with van der Waals surface area (Å²) in [6.45, 7) is 6.29. The van der Waals surface area contributed by atoms with E-state index in [0.717, 1.165) is 31.5 Å². The van der Waals surface area contributed by atoms with Gasteiger partial charge in [-0.15, -0.1) is 0 Å². The van der Waals surface area contributed by atoms with Crippen LogP contribution in [-0.4, -0.2) is 11.0 Å². The third-order valence-corrected chi connectivity index (χ3v) is 3.26. The third kappa shape index (κ3) is 5.57. The Balaban J connectivity index is 2.60. The summed E-state index contributed by atoms with van der Waals surface area (Å²) in [5.74, 6) is 0.951. The smallest absolute Gasteiger partial charge is 0.366 e. The largest absolute Gasteiger partial charge is 0.417 e. The minimum atomic E-state index is -4.42. The molecule has 1 N–H and O–H groups in total. The second-order valence-electron chi connectivity index (χ2n) is 5.42. The molecule has 114 valence electrons. The lowest BCUT2D eigenvalue weighted by Gasteiger charge is -2.16. The first kappa shape index (κ1) is 17.1. The summed E-state index contributed by atoms with van der Waals surface area (Å²) >= 11 is 5.84. The number of nitrogens with one attached hydrogen (secondary N) is 1. The minimum absolute atomic E-state index is 0.00413. The fourth-order valence-electron chi connectivity index (χ4n) is 1.84. The van der Waals surface area contributed by atoms with Gasteiger partial charge in [0, 0.05) is 12.2 Å². The molecule has 0 amide bonds. The molecule has 1 rings (SSSR count). The van der Waals surface area contributed by atoms with Gasteiger partial charge in [0.15, 0.2) is 0 Å². The van der Waals surface area contributed by atoms with Crippen LogP contribution in [0.3, 0.4) is 0 Å². The average molecular weight is 309 g/mol. The highest BCUT2D eigenvalue weighted by atomic mass is 35.5. The predicted molar refractivity (Wildman–Crippen MR) is 76.0 cm³/mol. The van der Waals surface area contributed by atoms with Crippen LogP contribution in [0, 0.1) is 5.92 Å². The van der Waals surface area contributed by atoms with Gasteiger partial charge in [0.2, 0.25) is 0 Å². The Hall–Kier alpha value is -0.970. The Morgan fingerprint density at radius 1 is 1.25 bits per heavy atom. The molecule has 0 aliphatic heterocycles. The second kappa shape index (κ2) is 7.16. The zero-order chi connectivity index (χ0) is 15.3. The molecule has 0 aliphatic rings. The molecule has 0 fully saturated rings. The van der Waals surface area contributed by atoms with Crippen molar-refractivity contribution in [3.8, 4) is 0 Å². The highest BCUT2D eigenvalue weighted by Crippen LogP contribution is 2.32. The summed E-state index contributed by atoms with van der Waals surface area (Å²) in [5.41, 5.74) is -0.833. The summed E-state index contributed by atoms with van der Waals surface area (Å²) in [4.78, 5) is 3.76. The van der Waals surface area contributed by atoms with E-state index in [1.807, 2.05) is 6.92 Å². The van der Waals surface area contributed by atoms with Crippen LogP contribution in [0.4, 0.5) is 19.0 Å². The molecular formula is C14H20ClF3N2. The fourth-order valence-corrected chi connectivity index (χ4v) is 2.06. The van der Waals surface area contributed by atoms with E-state index in [4.69, 9.17) is 11.6 Å². The van der Waals surface area contributed by atoms with Crippen molar-refractivity contribution in [2.24, 2.45) is 5.92 Å². The van der Waals surface area contributed by atoms with Crippen LogP contribution >= 0.6 is 11.6 Å². The number of anilines is 1. The van der Waals surface area contributed by atoms with E-state index in [0.29, 0.717) is 11.7 Å². The van der Waals surface area contributed by atoms with Crippen LogP contribution in [0.15, 0.2) is 12.3 Å². The van der Waals surface area contributed by atoms with E-state index in [9.17, 15) is 13.2 Å². The molecule has 1 aromatic heterocycles. The molecule has 6 heteroatoms. The van der Waals surface area contributed by atoms with Crippen LogP contribution in [0.5, 0.6) is 0 Å². The minimum Gasteiger partial charge on any atom is -0.366 e. The molecule has 1 aromatic rings. The van der Waals surface area contributed by atoms with Crippen molar-refractivity contribution < 1.29 is 13.2 Å². The molecule has 0 spiro atoms. The van der Waals surface area contributed by atoms with Crippen LogP contribution in [0.25, 0.3) is 0 Å². The summed E-state index contributed by atoms with van der Waals surface area (Å²) in [7, 11) is 0. The summed E-state index contributed by atoms with van der Waals surface area (Å²) in [5, 5.41) is 3.05. The fraction of sp³-hybridized carbons (Fsp3) is 0.643. The molecule has 0 saturated carbocycles. The molecular weight excluding hydrogens is 289 g/mol. The monoisotopic (exact) mass is 308 g/mol. The Morgan fingerprint density at radius 3 is 2.40 bits per heavy atom. The summed E-state index contributed by atoms with van der Waals surface area (Å²) < 4.78 is 37.5. The first-order chi connectivity index (χ1) is 9.20. The van der Waals surface area contributed by atoms with Gasteiger partial charge in [0.25, 0.3) is 0 Å². The number of rotatable bonds is 6. The van der Waals surface area contributed by atoms with Gasteiger partial charge in [-0.05, 0) is 25.3 Å². The first-order valence-electron chi connectivity index (χ1n) is 6.69. The molecule has 2 nitrogen and oxygen atoms in total. The van der Waals surface area contributed by atoms with Crippen molar-refractivity contribution in [3.05, 3.63) is 22.8 Å². The second-order valence-corrected chi connectivity index (χ2v) is 5.83. The molecule has 0 bridgehead atoms. The van der Waals surface area contributed by atoms with Gasteiger partial charge in [-0.3, -0.25) is 0 Å². The van der Waals surface area contributed by atoms with Crippen LogP contribution in [0.1, 0.15) is 45.6 Å². The lowest BCUT2D eigenvalue weighted by atomic mass is 10.0. The van der Waals surface area contributed by atoms with Gasteiger partial charge in [-0.2, -0.15) is 13.2 Å². The number of hydrogen-bond donors (Lipinski definition) is 1. The normalized spacial score (nSPS) is 13.6. The molecule has 0 radical (unpaired) electrons. The maximum absolute atomic E-state index is 12.5. The lowest BCUT2D eigenvalue weighted by Crippen LogP contribution is -2.17. The van der Waals surface area contributed by atoms with E-state index >= 15 is 0 Å². The van der Waals surface area contributed by atoms with E-state index in [2.05, 4.69) is 24.1 Å². The van der Waals surface area contributed by atoms with Crippen molar-refractivity contribution in [3.63, 3.8) is 0 Å². The SMILES string of the molecule is CC(C)CCCC(C)Nc1ncc(C(F)(F)F)cc1Cl. The van der Waals surface area contributed by atoms with E-state index < -0.39 is 11.7 Å². The maximum Gasteiger partial charge on any atom is 0.417 e. The zero-order valence-corrected chi connectivity index (χ0v) is 12.6. The topological polar surface area (TPSA) is 24.9 Å². The van der Waals surface area contributed by atoms with Crippen molar-refractivity contribution in [2.75, 3.05) is 5.32 Å². The Kier molecular flexibility index (Phi) is 6.11. The van der Waals surface area contributed by atoms with E-state index in [1.165, 1.54) is 0 Å². The standard InChI is InChI=1S/C14H20ClF3N2/c1-9(2)5-4-6-10(3)20-13-12(15)7-11(8-19-13)14(16,17)18/h7-10H,4-6H2,1-3H3,(H,19,20). The third-order valence-electron chi connectivity index (χ3n) is 2.97. The quantitative estimate of drug-likeness (QED) is 0.763. The first-order valence-corrected chi connectivity index (χ1v) is 7.07. The van der Waals surface area contributed by atoms with E-state index in [1.54, 1.807) is 0 Å². The Labute approximate surface area is 122 Å². The highest BCUT2D eigenvalue weighted by molar-refractivity contribution is 6.32. The molecule has 1 unspecified atom stereocenters. The van der Waals surface area contributed by atoms with Crippen molar-refractivity contribution >= 4 is 17.4 Å². The molecule has 20 heavy (non-hydrogen) atoms. The van der Waals surface area contributed by atoms with Gasteiger partial charge in [0.1, 0.15) is 5.82 Å². The van der Waals surface area contributed by atoms with Crippen molar-refractivity contribution in [1.29, 1.82) is 0 Å². The lowest BCUT2D eigenvalue weighted by molar-refractivity contribution is -0.137. The summed E-state index contributed by atoms with van der Waals surface area (Å²) in [6, 6.07) is 1.02. The molecule has 0 aliphatic carbocycles. The van der Waals surface area contributed by atoms with E-state index in [-0.39, 0.29) is 11.1 Å². The van der Waals surface area contributed by atoms with Gasteiger partial charge in [-0.25, -0.2) is 4.98 Å². The highest BCUT2D eigenvalue weighted by Gasteiger charge is 2.31. The number of nitrogens with zero attached hydrogens (tertiary/aromatic N) is 1. The number of hydrogen-bond acceptors (Lipinski definition) is 2. The number of aromatic nitrogens is 1. The van der Waals surface area contributed by atoms with Gasteiger partial charge in [0.05, 0.1) is 10.6 Å². The Morgan fingerprint density at radius 2 is 1.90 bits per heavy atom. The van der Waals surface area contributed by atoms with Gasteiger partial charge in [-0.1, -0.05) is 38.3 Å². The number of pyridine rings is 1. The predicted octanol–water partition coefficient (Wildman–Crippen LogP) is 5.38. The molecule has 1 atom stereocenters. The van der Waals surface area contributed by atoms with Crippen LogP contribution in [-0.2, 0) is 6.18 Å². The molecule has 0 saturated heterocycles. The molecule has 0 aromatic carbocycles. The zero-order valence-electron chi connectivity index (χ0n) is 11.9. The summed E-state index contributed by atoms with van der Waals surface area (Å²) in [6.07, 6.45) is -0.505. The van der Waals surface area contributed by atoms with Crippen molar-refractivity contribution in [2.45, 2.75) is 52.3 Å². The van der Waals surface area contributed by atoms with Crippen LogP contribution in [0.2, 0.25) is 5.02 Å². The Bertz CT molecular complexity index is 433. The van der Waals surface area contributed by atoms with Crippen LogP contribution < -0.4 is 5.32 Å². The average Bonchev–Trinajstić information content (AvgIpc) is 2.29. The number of alkyl halides is 3. The van der Waals surface area contributed by atoms with Gasteiger partial charge >= 0.3 is 6.18 Å². The maximum atomic E-state index is 12.5. The molecule has 1 heterocycles. The van der Waals surface area contributed by atoms with Gasteiger partial charge < -0.3 is 5.32 Å².